The van der Waals surface area contributed by atoms with Gasteiger partial charge in [-0.05, 0) is 43.9 Å². The maximum Gasteiger partial charge on any atom is 0.108 e. The molecule has 1 aromatic carbocycles. The minimum Gasteiger partial charge on any atom is -0.469 e. The second-order valence-corrected chi connectivity index (χ2v) is 5.55. The molecule has 19 heavy (non-hydrogen) atoms. The Bertz CT molecular complexity index is 570. The van der Waals surface area contributed by atoms with E-state index in [0.29, 0.717) is 6.04 Å². The first kappa shape index (κ1) is 12.5. The molecule has 1 atom stereocenters. The zero-order valence-corrected chi connectivity index (χ0v) is 11.7. The third kappa shape index (κ3) is 2.59. The Morgan fingerprint density at radius 3 is 3.00 bits per heavy atom. The van der Waals surface area contributed by atoms with E-state index in [4.69, 9.17) is 4.42 Å². The van der Waals surface area contributed by atoms with Gasteiger partial charge in [-0.2, -0.15) is 0 Å². The summed E-state index contributed by atoms with van der Waals surface area (Å²) in [6.07, 6.45) is 5.33. The molecule has 0 radical (unpaired) electrons. The molecule has 0 saturated carbocycles. The fourth-order valence-electron chi connectivity index (χ4n) is 2.98. The van der Waals surface area contributed by atoms with E-state index < -0.39 is 0 Å². The van der Waals surface area contributed by atoms with Crippen LogP contribution in [0.5, 0.6) is 0 Å². The van der Waals surface area contributed by atoms with Crippen molar-refractivity contribution in [3.05, 3.63) is 58.5 Å². The van der Waals surface area contributed by atoms with Crippen molar-refractivity contribution in [3.8, 4) is 0 Å². The minimum absolute atomic E-state index is 0.447. The molecule has 0 bridgehead atoms. The minimum atomic E-state index is 0.447. The van der Waals surface area contributed by atoms with Gasteiger partial charge in [0.1, 0.15) is 5.76 Å². The molecule has 1 aromatic heterocycles. The van der Waals surface area contributed by atoms with Crippen molar-refractivity contribution in [1.82, 2.24) is 5.32 Å². The Hall–Kier alpha value is -1.54. The Kier molecular flexibility index (Phi) is 3.43. The van der Waals surface area contributed by atoms with Crippen molar-refractivity contribution in [3.63, 3.8) is 0 Å². The van der Waals surface area contributed by atoms with Crippen LogP contribution in [0.25, 0.3) is 0 Å². The van der Waals surface area contributed by atoms with Crippen LogP contribution in [0.4, 0.5) is 0 Å². The molecule has 0 spiro atoms. The number of nitrogens with one attached hydrogen (secondary N) is 1. The smallest absolute Gasteiger partial charge is 0.108 e. The molecule has 2 aromatic rings. The average molecular weight is 255 g/mol. The second kappa shape index (κ2) is 5.22. The van der Waals surface area contributed by atoms with Crippen LogP contribution in [-0.4, -0.2) is 0 Å². The topological polar surface area (TPSA) is 25.2 Å². The van der Waals surface area contributed by atoms with Crippen LogP contribution in [0, 0.1) is 13.8 Å². The van der Waals surface area contributed by atoms with E-state index >= 15 is 0 Å². The number of hydrogen-bond donors (Lipinski definition) is 1. The molecule has 100 valence electrons. The molecule has 0 saturated heterocycles. The molecule has 1 aliphatic rings. The first-order chi connectivity index (χ1) is 9.24. The van der Waals surface area contributed by atoms with Gasteiger partial charge in [-0.15, -0.1) is 0 Å². The van der Waals surface area contributed by atoms with Crippen LogP contribution >= 0.6 is 0 Å². The molecule has 0 fully saturated rings. The maximum atomic E-state index is 5.54. The highest BCUT2D eigenvalue weighted by molar-refractivity contribution is 5.31. The number of benzene rings is 1. The predicted octanol–water partition coefficient (Wildman–Crippen LogP) is 4.06. The fourth-order valence-corrected chi connectivity index (χ4v) is 2.98. The van der Waals surface area contributed by atoms with E-state index in [1.165, 1.54) is 40.9 Å². The van der Waals surface area contributed by atoms with Crippen molar-refractivity contribution in [2.24, 2.45) is 0 Å². The summed E-state index contributed by atoms with van der Waals surface area (Å²) in [5, 5.41) is 3.68. The van der Waals surface area contributed by atoms with Gasteiger partial charge in [0, 0.05) is 24.6 Å². The van der Waals surface area contributed by atoms with E-state index in [1.807, 2.05) is 6.26 Å². The van der Waals surface area contributed by atoms with Gasteiger partial charge in [-0.25, -0.2) is 0 Å². The van der Waals surface area contributed by atoms with Gasteiger partial charge >= 0.3 is 0 Å². The molecule has 1 N–H and O–H groups in total. The molecular weight excluding hydrogens is 234 g/mol. The van der Waals surface area contributed by atoms with Crippen molar-refractivity contribution >= 4 is 0 Å². The van der Waals surface area contributed by atoms with Crippen LogP contribution in [0.3, 0.4) is 0 Å². The summed E-state index contributed by atoms with van der Waals surface area (Å²) >= 11 is 0. The quantitative estimate of drug-likeness (QED) is 0.894. The summed E-state index contributed by atoms with van der Waals surface area (Å²) in [6, 6.07) is 9.24. The summed E-state index contributed by atoms with van der Waals surface area (Å²) in [7, 11) is 0. The zero-order chi connectivity index (χ0) is 13.2. The maximum absolute atomic E-state index is 5.54. The van der Waals surface area contributed by atoms with Crippen molar-refractivity contribution in [2.45, 2.75) is 45.7 Å². The number of rotatable bonds is 3. The molecule has 2 heteroatoms. The SMILES string of the molecule is Cc1ccc(CNC2CCCc3occc32)c(C)c1. The summed E-state index contributed by atoms with van der Waals surface area (Å²) in [5.41, 5.74) is 5.45. The number of furan rings is 1. The Balaban J connectivity index is 1.71. The van der Waals surface area contributed by atoms with Crippen molar-refractivity contribution < 1.29 is 4.42 Å². The lowest BCUT2D eigenvalue weighted by molar-refractivity contribution is 0.410. The number of aryl methyl sites for hydroxylation is 3. The first-order valence-electron chi connectivity index (χ1n) is 7.10. The van der Waals surface area contributed by atoms with E-state index in [1.54, 1.807) is 0 Å². The molecule has 1 aliphatic carbocycles. The normalized spacial score (nSPS) is 18.3. The van der Waals surface area contributed by atoms with Crippen LogP contribution in [0.2, 0.25) is 0 Å². The van der Waals surface area contributed by atoms with Gasteiger partial charge in [0.15, 0.2) is 0 Å². The van der Waals surface area contributed by atoms with Gasteiger partial charge in [0.25, 0.3) is 0 Å². The number of fused-ring (bicyclic) bond motifs is 1. The summed E-state index contributed by atoms with van der Waals surface area (Å²) in [4.78, 5) is 0. The zero-order valence-electron chi connectivity index (χ0n) is 11.7. The summed E-state index contributed by atoms with van der Waals surface area (Å²) in [5.74, 6) is 1.17. The van der Waals surface area contributed by atoms with Crippen LogP contribution < -0.4 is 5.32 Å². The standard InChI is InChI=1S/C17H21NO/c1-12-6-7-14(13(2)10-12)11-18-16-4-3-5-17-15(16)8-9-19-17/h6-10,16,18H,3-5,11H2,1-2H3. The van der Waals surface area contributed by atoms with Crippen LogP contribution in [-0.2, 0) is 13.0 Å². The van der Waals surface area contributed by atoms with E-state index in [-0.39, 0.29) is 0 Å². The average Bonchev–Trinajstić information content (AvgIpc) is 2.86. The molecule has 0 aliphatic heterocycles. The van der Waals surface area contributed by atoms with Crippen molar-refractivity contribution in [1.29, 1.82) is 0 Å². The van der Waals surface area contributed by atoms with E-state index in [9.17, 15) is 0 Å². The molecule has 1 heterocycles. The Morgan fingerprint density at radius 1 is 1.26 bits per heavy atom. The Labute approximate surface area is 114 Å². The predicted molar refractivity (Wildman–Crippen MR) is 77.1 cm³/mol. The third-order valence-electron chi connectivity index (χ3n) is 4.09. The highest BCUT2D eigenvalue weighted by Crippen LogP contribution is 2.30. The molecule has 2 nitrogen and oxygen atoms in total. The van der Waals surface area contributed by atoms with Crippen LogP contribution in [0.15, 0.2) is 34.9 Å². The third-order valence-corrected chi connectivity index (χ3v) is 4.09. The van der Waals surface area contributed by atoms with Gasteiger partial charge < -0.3 is 9.73 Å². The monoisotopic (exact) mass is 255 g/mol. The fraction of sp³-hybridized carbons (Fsp3) is 0.412. The van der Waals surface area contributed by atoms with E-state index in [2.05, 4.69) is 43.4 Å². The lowest BCUT2D eigenvalue weighted by atomic mass is 9.93. The number of hydrogen-bond acceptors (Lipinski definition) is 2. The van der Waals surface area contributed by atoms with Gasteiger partial charge in [-0.3, -0.25) is 0 Å². The lowest BCUT2D eigenvalue weighted by Crippen LogP contribution is -2.24. The van der Waals surface area contributed by atoms with E-state index in [0.717, 1.165) is 13.0 Å². The Morgan fingerprint density at radius 2 is 2.16 bits per heavy atom. The highest BCUT2D eigenvalue weighted by atomic mass is 16.3. The molecule has 1 unspecified atom stereocenters. The lowest BCUT2D eigenvalue weighted by Gasteiger charge is -2.23. The van der Waals surface area contributed by atoms with Gasteiger partial charge in [0.2, 0.25) is 0 Å². The summed E-state index contributed by atoms with van der Waals surface area (Å²) in [6.45, 7) is 5.26. The largest absolute Gasteiger partial charge is 0.469 e. The van der Waals surface area contributed by atoms with Crippen LogP contribution in [0.1, 0.15) is 46.9 Å². The second-order valence-electron chi connectivity index (χ2n) is 5.55. The van der Waals surface area contributed by atoms with Gasteiger partial charge in [0.05, 0.1) is 6.26 Å². The molecule has 0 amide bonds. The molecule has 3 rings (SSSR count). The van der Waals surface area contributed by atoms with Crippen molar-refractivity contribution in [2.75, 3.05) is 0 Å². The van der Waals surface area contributed by atoms with Gasteiger partial charge in [-0.1, -0.05) is 23.8 Å². The first-order valence-corrected chi connectivity index (χ1v) is 7.10. The summed E-state index contributed by atoms with van der Waals surface area (Å²) < 4.78 is 5.54. The highest BCUT2D eigenvalue weighted by Gasteiger charge is 2.21. The molecular formula is C17H21NO.